The van der Waals surface area contributed by atoms with Gasteiger partial charge in [-0.25, -0.2) is 9.78 Å². The van der Waals surface area contributed by atoms with Crippen molar-refractivity contribution in [1.82, 2.24) is 19.2 Å². The molecule has 1 aromatic carbocycles. The molecular formula is C19H20N4OS. The Bertz CT molecular complexity index is 1110. The molecule has 0 spiro atoms. The van der Waals surface area contributed by atoms with Crippen LogP contribution in [0.25, 0.3) is 15.9 Å². The first-order chi connectivity index (χ1) is 11.8. The first-order valence-corrected chi connectivity index (χ1v) is 9.05. The fraction of sp³-hybridized carbons (Fsp3) is 0.316. The fourth-order valence-electron chi connectivity index (χ4n) is 3.63. The molecule has 6 heteroatoms. The number of benzene rings is 1. The number of aromatic nitrogens is 4. The Kier molecular flexibility index (Phi) is 3.92. The van der Waals surface area contributed by atoms with Crippen molar-refractivity contribution in [1.29, 1.82) is 0 Å². The van der Waals surface area contributed by atoms with E-state index in [1.165, 1.54) is 34.1 Å². The second-order valence-corrected chi connectivity index (χ2v) is 7.32. The number of hydrogen-bond donors (Lipinski definition) is 0. The zero-order chi connectivity index (χ0) is 16.1. The summed E-state index contributed by atoms with van der Waals surface area (Å²) in [7, 11) is 0. The molecule has 5 rings (SSSR count). The molecule has 5 nitrogen and oxygen atoms in total. The minimum Gasteiger partial charge on any atom is -0.278 e. The zero-order valence-corrected chi connectivity index (χ0v) is 13.9. The molecular weight excluding hydrogens is 332 g/mol. The Morgan fingerprint density at radius 2 is 1.92 bits per heavy atom. The lowest BCUT2D eigenvalue weighted by Crippen LogP contribution is -2.27. The Balaban J connectivity index is 0.00000157. The first-order valence-electron chi connectivity index (χ1n) is 8.23. The van der Waals surface area contributed by atoms with Gasteiger partial charge >= 0.3 is 5.69 Å². The van der Waals surface area contributed by atoms with E-state index in [4.69, 9.17) is 0 Å². The predicted octanol–water partition coefficient (Wildman–Crippen LogP) is 3.67. The van der Waals surface area contributed by atoms with E-state index in [1.54, 1.807) is 11.3 Å². The number of nitrogens with zero attached hydrogens (tertiary/aromatic N) is 4. The molecule has 0 unspecified atom stereocenters. The number of hydrogen-bond acceptors (Lipinski definition) is 4. The van der Waals surface area contributed by atoms with Gasteiger partial charge in [0.05, 0.1) is 11.9 Å². The Morgan fingerprint density at radius 1 is 1.12 bits per heavy atom. The average molecular weight is 352 g/mol. The summed E-state index contributed by atoms with van der Waals surface area (Å²) in [5.74, 6) is 0. The highest BCUT2D eigenvalue weighted by Gasteiger charge is 2.23. The summed E-state index contributed by atoms with van der Waals surface area (Å²) >= 11 is 1.76. The lowest BCUT2D eigenvalue weighted by Gasteiger charge is -2.11. The third-order valence-electron chi connectivity index (χ3n) is 4.76. The van der Waals surface area contributed by atoms with Crippen molar-refractivity contribution < 1.29 is 0 Å². The Labute approximate surface area is 149 Å². The van der Waals surface area contributed by atoms with Crippen LogP contribution in [0.2, 0.25) is 0 Å². The van der Waals surface area contributed by atoms with Gasteiger partial charge in [0.1, 0.15) is 11.2 Å². The van der Waals surface area contributed by atoms with Crippen molar-refractivity contribution in [3.63, 3.8) is 0 Å². The van der Waals surface area contributed by atoms with Crippen LogP contribution in [0.5, 0.6) is 0 Å². The largest absolute Gasteiger partial charge is 0.352 e. The van der Waals surface area contributed by atoms with E-state index in [-0.39, 0.29) is 13.1 Å². The van der Waals surface area contributed by atoms with Crippen molar-refractivity contribution in [3.8, 4) is 0 Å². The van der Waals surface area contributed by atoms with Crippen LogP contribution in [0.15, 0.2) is 41.5 Å². The Hall–Kier alpha value is -2.47. The topological polar surface area (TPSA) is 52.2 Å². The standard InChI is InChI=1S/C18H16N4OS.CH4/c23-18-21(10-12-6-2-1-3-7-12)17-15(16-19-11-20-22(16)18)13-8-4-5-9-14(13)24-17;/h1-3,6-7,11H,4-5,8-10H2;1H4. The number of aryl methyl sites for hydroxylation is 2. The maximum absolute atomic E-state index is 13.0. The van der Waals surface area contributed by atoms with E-state index in [2.05, 4.69) is 22.2 Å². The molecule has 0 bridgehead atoms. The minimum absolute atomic E-state index is 0. The second kappa shape index (κ2) is 6.11. The molecule has 1 aliphatic carbocycles. The van der Waals surface area contributed by atoms with Crippen molar-refractivity contribution in [3.05, 3.63) is 63.1 Å². The molecule has 0 radical (unpaired) electrons. The highest BCUT2D eigenvalue weighted by molar-refractivity contribution is 7.19. The van der Waals surface area contributed by atoms with Crippen LogP contribution in [0.3, 0.4) is 0 Å². The summed E-state index contributed by atoms with van der Waals surface area (Å²) in [6.07, 6.45) is 6.09. The molecule has 128 valence electrons. The average Bonchev–Trinajstić information content (AvgIpc) is 3.23. The summed E-state index contributed by atoms with van der Waals surface area (Å²) < 4.78 is 3.31. The molecule has 0 fully saturated rings. The van der Waals surface area contributed by atoms with Crippen LogP contribution in [-0.2, 0) is 19.4 Å². The summed E-state index contributed by atoms with van der Waals surface area (Å²) in [4.78, 5) is 19.8. The van der Waals surface area contributed by atoms with Crippen molar-refractivity contribution in [2.75, 3.05) is 0 Å². The van der Waals surface area contributed by atoms with Crippen LogP contribution in [0.1, 0.15) is 36.3 Å². The molecule has 0 saturated heterocycles. The molecule has 25 heavy (non-hydrogen) atoms. The quantitative estimate of drug-likeness (QED) is 0.553. The van der Waals surface area contributed by atoms with Gasteiger partial charge in [0.15, 0.2) is 5.65 Å². The lowest BCUT2D eigenvalue weighted by atomic mass is 9.97. The maximum atomic E-state index is 13.0. The number of fused-ring (bicyclic) bond motifs is 5. The van der Waals surface area contributed by atoms with E-state index in [9.17, 15) is 4.79 Å². The molecule has 0 saturated carbocycles. The van der Waals surface area contributed by atoms with Crippen LogP contribution >= 0.6 is 11.3 Å². The molecule has 0 aliphatic heterocycles. The molecule has 0 N–H and O–H groups in total. The molecule has 4 aromatic rings. The van der Waals surface area contributed by atoms with Crippen molar-refractivity contribution in [2.24, 2.45) is 0 Å². The fourth-order valence-corrected chi connectivity index (χ4v) is 5.01. The highest BCUT2D eigenvalue weighted by Crippen LogP contribution is 2.37. The van der Waals surface area contributed by atoms with Crippen LogP contribution < -0.4 is 5.69 Å². The van der Waals surface area contributed by atoms with Gasteiger partial charge < -0.3 is 0 Å². The van der Waals surface area contributed by atoms with E-state index >= 15 is 0 Å². The number of thiophene rings is 1. The monoisotopic (exact) mass is 352 g/mol. The van der Waals surface area contributed by atoms with Crippen molar-refractivity contribution >= 4 is 27.2 Å². The SMILES string of the molecule is C.O=c1n(Cc2ccccc2)c2sc3c(c2c2ncnn12)CCCC3. The van der Waals surface area contributed by atoms with Gasteiger partial charge in [-0.2, -0.15) is 9.61 Å². The maximum Gasteiger partial charge on any atom is 0.352 e. The predicted molar refractivity (Wildman–Crippen MR) is 102 cm³/mol. The highest BCUT2D eigenvalue weighted by atomic mass is 32.1. The van der Waals surface area contributed by atoms with E-state index in [1.807, 2.05) is 22.8 Å². The van der Waals surface area contributed by atoms with Crippen molar-refractivity contribution in [2.45, 2.75) is 39.7 Å². The van der Waals surface area contributed by atoms with Gasteiger partial charge in [-0.05, 0) is 36.8 Å². The zero-order valence-electron chi connectivity index (χ0n) is 13.1. The summed E-state index contributed by atoms with van der Waals surface area (Å²) in [6.45, 7) is 0.561. The molecule has 0 amide bonds. The third kappa shape index (κ3) is 2.40. The minimum atomic E-state index is -0.113. The van der Waals surface area contributed by atoms with Gasteiger partial charge in [-0.15, -0.1) is 11.3 Å². The van der Waals surface area contributed by atoms with Gasteiger partial charge in [0.2, 0.25) is 0 Å². The second-order valence-electron chi connectivity index (χ2n) is 6.24. The van der Waals surface area contributed by atoms with Crippen LogP contribution in [-0.4, -0.2) is 19.2 Å². The van der Waals surface area contributed by atoms with Gasteiger partial charge in [0.25, 0.3) is 0 Å². The molecule has 3 heterocycles. The van der Waals surface area contributed by atoms with E-state index in [0.717, 1.165) is 28.6 Å². The van der Waals surface area contributed by atoms with E-state index in [0.29, 0.717) is 12.2 Å². The summed E-state index contributed by atoms with van der Waals surface area (Å²) in [6, 6.07) is 10.1. The number of rotatable bonds is 2. The lowest BCUT2D eigenvalue weighted by molar-refractivity contribution is 0.698. The van der Waals surface area contributed by atoms with Gasteiger partial charge in [-0.1, -0.05) is 37.8 Å². The Morgan fingerprint density at radius 3 is 2.76 bits per heavy atom. The van der Waals surface area contributed by atoms with Crippen LogP contribution in [0.4, 0.5) is 0 Å². The molecule has 3 aromatic heterocycles. The van der Waals surface area contributed by atoms with E-state index < -0.39 is 0 Å². The van der Waals surface area contributed by atoms with Gasteiger partial charge in [0, 0.05) is 4.88 Å². The summed E-state index contributed by atoms with van der Waals surface area (Å²) in [5, 5.41) is 5.30. The molecule has 0 atom stereocenters. The molecule has 1 aliphatic rings. The normalized spacial score (nSPS) is 13.8. The third-order valence-corrected chi connectivity index (χ3v) is 6.08. The first kappa shape index (κ1) is 16.0. The summed E-state index contributed by atoms with van der Waals surface area (Å²) in [5.41, 5.74) is 3.09. The smallest absolute Gasteiger partial charge is 0.278 e. The van der Waals surface area contributed by atoms with Crippen LogP contribution in [0, 0.1) is 0 Å². The van der Waals surface area contributed by atoms with Gasteiger partial charge in [-0.3, -0.25) is 4.57 Å².